The summed E-state index contributed by atoms with van der Waals surface area (Å²) in [6.07, 6.45) is 4.15. The highest BCUT2D eigenvalue weighted by Gasteiger charge is 2.37. The molecule has 0 saturated carbocycles. The van der Waals surface area contributed by atoms with Crippen LogP contribution in [0, 0.1) is 16.7 Å². The molecule has 10 atom stereocenters. The first-order valence-corrected chi connectivity index (χ1v) is 36.3. The molecule has 108 heavy (non-hydrogen) atoms. The first-order chi connectivity index (χ1) is 51.6. The molecular weight excluding hydrogens is 1410 g/mol. The van der Waals surface area contributed by atoms with Crippen LogP contribution in [-0.2, 0) is 89.6 Å². The van der Waals surface area contributed by atoms with Crippen molar-refractivity contribution in [3.05, 3.63) is 156 Å². The van der Waals surface area contributed by atoms with Crippen molar-refractivity contribution in [3.8, 4) is 5.75 Å². The van der Waals surface area contributed by atoms with Crippen molar-refractivity contribution in [1.82, 2.24) is 78.8 Å². The van der Waals surface area contributed by atoms with E-state index in [1.165, 1.54) is 36.4 Å². The van der Waals surface area contributed by atoms with E-state index in [4.69, 9.17) is 33.8 Å². The minimum absolute atomic E-state index is 0.00654. The molecule has 35 nitrogen and oxygen atoms in total. The number of phenols is 1. The maximum Gasteiger partial charge on any atom is 0.305 e. The van der Waals surface area contributed by atoms with E-state index in [1.54, 1.807) is 123 Å². The topological polar surface area (TPSA) is 586 Å². The van der Waals surface area contributed by atoms with Gasteiger partial charge < -0.3 is 107 Å². The van der Waals surface area contributed by atoms with Gasteiger partial charge in [-0.2, -0.15) is 11.8 Å². The molecule has 26 N–H and O–H groups in total. The van der Waals surface area contributed by atoms with Crippen LogP contribution in [0.3, 0.4) is 0 Å². The number of aliphatic carboxylic acids is 1. The number of nitrogens with two attached hydrogens (primary N) is 4. The largest absolute Gasteiger partial charge is 0.508 e. The highest BCUT2D eigenvalue weighted by molar-refractivity contribution is 7.98. The number of amides is 11. The summed E-state index contributed by atoms with van der Waals surface area (Å²) in [6.45, 7) is 2.69. The van der Waals surface area contributed by atoms with Crippen LogP contribution < -0.4 is 86.7 Å². The van der Waals surface area contributed by atoms with Gasteiger partial charge in [0.25, 0.3) is 0 Å². The highest BCUT2D eigenvalue weighted by atomic mass is 32.2. The summed E-state index contributed by atoms with van der Waals surface area (Å²) in [5.74, 6) is -12.4. The van der Waals surface area contributed by atoms with Gasteiger partial charge in [-0.15, -0.1) is 0 Å². The van der Waals surface area contributed by atoms with E-state index < -0.39 is 162 Å². The zero-order chi connectivity index (χ0) is 78.8. The van der Waals surface area contributed by atoms with Gasteiger partial charge in [-0.25, -0.2) is 4.98 Å². The number of imidazole rings is 1. The number of phenolic OH excluding ortho intramolecular Hbond substituents is 1. The molecule has 4 aromatic carbocycles. The summed E-state index contributed by atoms with van der Waals surface area (Å²) in [6, 6.07) is 15.6. The quantitative estimate of drug-likeness (QED) is 0.0110. The molecule has 580 valence electrons. The molecule has 0 aliphatic rings. The predicted octanol–water partition coefficient (Wildman–Crippen LogP) is -2.19. The Morgan fingerprint density at radius 3 is 1.50 bits per heavy atom. The number of benzene rings is 4. The van der Waals surface area contributed by atoms with E-state index in [-0.39, 0.29) is 88.7 Å². The van der Waals surface area contributed by atoms with E-state index in [0.29, 0.717) is 38.9 Å². The summed E-state index contributed by atoms with van der Waals surface area (Å²) in [7, 11) is 0. The summed E-state index contributed by atoms with van der Waals surface area (Å²) in [5.41, 5.74) is 26.2. The number of nitrogens with zero attached hydrogens (tertiary/aromatic N) is 1. The number of rotatable bonds is 45. The van der Waals surface area contributed by atoms with Crippen LogP contribution in [0.2, 0.25) is 0 Å². The zero-order valence-corrected chi connectivity index (χ0v) is 60.9. The number of thioether (sulfide) groups is 1. The number of carbonyl (C=O) groups excluding carboxylic acids is 11. The number of aromatic hydroxyl groups is 1. The summed E-state index contributed by atoms with van der Waals surface area (Å²) in [4.78, 5) is 179. The Kier molecular flexibility index (Phi) is 34.1. The number of aromatic nitrogens is 3. The number of carbonyl (C=O) groups is 12. The first-order valence-electron chi connectivity index (χ1n) is 34.9. The molecule has 36 heteroatoms. The number of primary amides is 1. The van der Waals surface area contributed by atoms with E-state index in [0.717, 1.165) is 0 Å². The van der Waals surface area contributed by atoms with Crippen LogP contribution in [0.1, 0.15) is 80.3 Å². The van der Waals surface area contributed by atoms with Crippen LogP contribution in [0.4, 0.5) is 0 Å². The number of hydrogen-bond donors (Lipinski definition) is 22. The monoisotopic (exact) mass is 1510 g/mol. The number of hydrogen-bond acceptors (Lipinski definition) is 18. The molecule has 6 rings (SSSR count). The van der Waals surface area contributed by atoms with Crippen molar-refractivity contribution in [2.75, 3.05) is 31.6 Å². The van der Waals surface area contributed by atoms with Gasteiger partial charge in [0, 0.05) is 62.1 Å². The molecule has 0 bridgehead atoms. The molecule has 6 aromatic rings. The van der Waals surface area contributed by atoms with E-state index in [1.807, 2.05) is 0 Å². The number of nitrogens with one attached hydrogen (secondary N) is 16. The second kappa shape index (κ2) is 43.4. The summed E-state index contributed by atoms with van der Waals surface area (Å²) in [5, 5.41) is 67.2. The lowest BCUT2D eigenvalue weighted by molar-refractivity contribution is -0.141. The van der Waals surface area contributed by atoms with Crippen molar-refractivity contribution in [1.29, 1.82) is 10.8 Å². The number of H-pyrrole nitrogens is 2. The van der Waals surface area contributed by atoms with E-state index in [9.17, 15) is 58.2 Å². The van der Waals surface area contributed by atoms with Crippen LogP contribution in [0.5, 0.6) is 5.75 Å². The van der Waals surface area contributed by atoms with Crippen molar-refractivity contribution in [2.45, 2.75) is 145 Å². The van der Waals surface area contributed by atoms with E-state index in [2.05, 4.69) is 78.8 Å². The normalized spacial score (nSPS) is 13.8. The van der Waals surface area contributed by atoms with Gasteiger partial charge in [-0.05, 0) is 96.9 Å². The van der Waals surface area contributed by atoms with Gasteiger partial charge in [0.2, 0.25) is 65.0 Å². The molecule has 2 heterocycles. The maximum absolute atomic E-state index is 15.1. The molecular formula is C72H97N21O14S. The Balaban J connectivity index is 1.24. The standard InChI is InChI=1S/C72H97N21O14S/c1-40(2)60(93-62(99)48(73)30-43-22-24-46(94)25-23-43)70(107)88-52(26-29-108-3)63(100)83-38-58(95)85-56(34-45-37-79-39-84-45)68(105)90-54(32-42-16-8-5-9-17-42)66(103)86-51(21-13-28-81-72(77)78)65(102)91-55(33-44-36-82-49-19-11-10-18-47(44)49)67(104)92-57(35-59(96)97)69(106)87-50(20-12-27-80-71(75)76)64(101)89-53(61(74)98)31-41-14-6-4-7-15-41/h4-11,14-19,22-25,36-37,39-40,48,50-57,60,82,94H,12-13,20-21,26-35,38,73H2,1-3H3,(H2,74,98)(H,79,84)(H,83,100)(H,85,95)(H,86,103)(H,87,106)(H,88,107)(H,89,101)(H,90,105)(H,91,102)(H,92,104)(H,93,99)(H,96,97)(H4,75,76,80)(H4,77,78,81). The zero-order valence-electron chi connectivity index (χ0n) is 60.0. The third kappa shape index (κ3) is 28.8. The Labute approximate surface area is 627 Å². The Bertz CT molecular complexity index is 4040. The second-order valence-electron chi connectivity index (χ2n) is 25.9. The Morgan fingerprint density at radius 2 is 0.972 bits per heavy atom. The van der Waals surface area contributed by atoms with Crippen molar-refractivity contribution in [2.24, 2.45) is 28.9 Å². The predicted molar refractivity (Wildman–Crippen MR) is 402 cm³/mol. The number of fused-ring (bicyclic) bond motifs is 1. The van der Waals surface area contributed by atoms with Crippen molar-refractivity contribution in [3.63, 3.8) is 0 Å². The number of carboxylic acids is 1. The third-order valence-corrected chi connectivity index (χ3v) is 17.7. The molecule has 10 unspecified atom stereocenters. The first kappa shape index (κ1) is 84.9. The molecule has 0 radical (unpaired) electrons. The number of guanidine groups is 2. The van der Waals surface area contributed by atoms with Gasteiger partial charge in [-0.3, -0.25) is 68.4 Å². The van der Waals surface area contributed by atoms with Crippen LogP contribution in [0.15, 0.2) is 128 Å². The van der Waals surface area contributed by atoms with Crippen molar-refractivity contribution < 1.29 is 67.7 Å². The molecule has 0 aliphatic heterocycles. The third-order valence-electron chi connectivity index (χ3n) is 17.1. The maximum atomic E-state index is 15.1. The average Bonchev–Trinajstić information content (AvgIpc) is 1.64. The summed E-state index contributed by atoms with van der Waals surface area (Å²) < 4.78 is 0. The lowest BCUT2D eigenvalue weighted by Crippen LogP contribution is -2.61. The molecule has 11 amide bonds. The number of aromatic amines is 2. The lowest BCUT2D eigenvalue weighted by atomic mass is 10.0. The molecule has 0 saturated heterocycles. The van der Waals surface area contributed by atoms with Gasteiger partial charge in [-0.1, -0.05) is 105 Å². The molecule has 0 fully saturated rings. The minimum Gasteiger partial charge on any atom is -0.508 e. The van der Waals surface area contributed by atoms with Crippen molar-refractivity contribution >= 4 is 106 Å². The van der Waals surface area contributed by atoms with Gasteiger partial charge in [0.15, 0.2) is 11.9 Å². The fourth-order valence-corrected chi connectivity index (χ4v) is 11.8. The number of para-hydroxylation sites is 1. The van der Waals surface area contributed by atoms with Crippen LogP contribution in [0.25, 0.3) is 10.9 Å². The summed E-state index contributed by atoms with van der Waals surface area (Å²) >= 11 is 1.38. The van der Waals surface area contributed by atoms with E-state index >= 15 is 9.59 Å². The van der Waals surface area contributed by atoms with Gasteiger partial charge in [0.1, 0.15) is 60.1 Å². The molecule has 0 spiro atoms. The Hall–Kier alpha value is -12.1. The second-order valence-corrected chi connectivity index (χ2v) is 26.9. The Morgan fingerprint density at radius 1 is 0.500 bits per heavy atom. The highest BCUT2D eigenvalue weighted by Crippen LogP contribution is 2.21. The smallest absolute Gasteiger partial charge is 0.305 e. The van der Waals surface area contributed by atoms with Gasteiger partial charge in [0.05, 0.1) is 31.0 Å². The molecule has 2 aromatic heterocycles. The minimum atomic E-state index is -1.95. The number of carboxylic acid groups (broad SMARTS) is 1. The van der Waals surface area contributed by atoms with Gasteiger partial charge >= 0.3 is 5.97 Å². The van der Waals surface area contributed by atoms with Crippen LogP contribution >= 0.6 is 11.8 Å². The average molecular weight is 1510 g/mol. The lowest BCUT2D eigenvalue weighted by Gasteiger charge is -2.28. The fraction of sp³-hybridized carbons (Fsp3) is 0.403. The fourth-order valence-electron chi connectivity index (χ4n) is 11.4. The molecule has 0 aliphatic carbocycles. The van der Waals surface area contributed by atoms with Crippen LogP contribution in [-0.4, -0.2) is 200 Å². The SMILES string of the molecule is CSCCC(NC(=O)C(NC(=O)C(N)Cc1ccc(O)cc1)C(C)C)C(=O)NCC(=O)NC(Cc1c[nH]cn1)C(=O)NC(Cc1ccccc1)C(=O)NC(CCCNC(=N)N)C(=O)NC(Cc1c[nH]c2ccccc12)C(=O)NC(CC(=O)O)C(=O)NC(CCCNC(=N)N)C(=O)NC(Cc1ccccc1)C(N)=O.